The molecule has 0 radical (unpaired) electrons. The Morgan fingerprint density at radius 1 is 1.14 bits per heavy atom. The summed E-state index contributed by atoms with van der Waals surface area (Å²) in [6.45, 7) is 6.05. The van der Waals surface area contributed by atoms with Crippen molar-refractivity contribution in [3.05, 3.63) is 53.5 Å². The minimum absolute atomic E-state index is 0.0708. The first-order chi connectivity index (χ1) is 13.2. The van der Waals surface area contributed by atoms with Crippen molar-refractivity contribution in [2.75, 3.05) is 5.32 Å². The summed E-state index contributed by atoms with van der Waals surface area (Å²) < 4.78 is 43.8. The Morgan fingerprint density at radius 2 is 1.86 bits per heavy atom. The zero-order valence-corrected chi connectivity index (χ0v) is 16.2. The van der Waals surface area contributed by atoms with E-state index in [0.717, 1.165) is 47.9 Å². The highest BCUT2D eigenvalue weighted by Gasteiger charge is 2.30. The van der Waals surface area contributed by atoms with Crippen LogP contribution in [0.5, 0.6) is 5.75 Å². The van der Waals surface area contributed by atoms with Gasteiger partial charge in [-0.25, -0.2) is 9.97 Å². The molecule has 3 rings (SSSR count). The maximum Gasteiger partial charge on any atom is 0.416 e. The third-order valence-corrected chi connectivity index (χ3v) is 4.43. The van der Waals surface area contributed by atoms with Crippen LogP contribution < -0.4 is 10.1 Å². The third-order valence-electron chi connectivity index (χ3n) is 4.43. The molecule has 1 heterocycles. The van der Waals surface area contributed by atoms with E-state index < -0.39 is 11.7 Å². The molecule has 0 amide bonds. The van der Waals surface area contributed by atoms with Crippen molar-refractivity contribution in [2.45, 2.75) is 58.4 Å². The maximum atomic E-state index is 12.6. The SMILES string of the molecule is Cc1cc(NC(C)C)nc(C2=CCC(Oc3ccc(C(F)(F)F)cc3)CC2)n1. The Labute approximate surface area is 162 Å². The van der Waals surface area contributed by atoms with Gasteiger partial charge in [-0.15, -0.1) is 0 Å². The molecule has 1 unspecified atom stereocenters. The summed E-state index contributed by atoms with van der Waals surface area (Å²) in [5, 5.41) is 3.30. The number of rotatable bonds is 5. The van der Waals surface area contributed by atoms with Gasteiger partial charge in [0, 0.05) is 24.2 Å². The topological polar surface area (TPSA) is 47.0 Å². The van der Waals surface area contributed by atoms with Crippen LogP contribution in [0.3, 0.4) is 0 Å². The van der Waals surface area contributed by atoms with Gasteiger partial charge >= 0.3 is 6.18 Å². The maximum absolute atomic E-state index is 12.6. The second kappa shape index (κ2) is 8.20. The molecule has 0 saturated carbocycles. The van der Waals surface area contributed by atoms with Crippen LogP contribution >= 0.6 is 0 Å². The monoisotopic (exact) mass is 391 g/mol. The van der Waals surface area contributed by atoms with Crippen LogP contribution in [0.2, 0.25) is 0 Å². The van der Waals surface area contributed by atoms with E-state index in [-0.39, 0.29) is 12.1 Å². The van der Waals surface area contributed by atoms with E-state index in [2.05, 4.69) is 35.2 Å². The number of nitrogens with zero attached hydrogens (tertiary/aromatic N) is 2. The predicted octanol–water partition coefficient (Wildman–Crippen LogP) is 5.64. The Morgan fingerprint density at radius 3 is 2.43 bits per heavy atom. The first-order valence-corrected chi connectivity index (χ1v) is 9.36. The first-order valence-electron chi connectivity index (χ1n) is 9.36. The van der Waals surface area contributed by atoms with Crippen molar-refractivity contribution in [1.29, 1.82) is 0 Å². The summed E-state index contributed by atoms with van der Waals surface area (Å²) in [5.74, 6) is 1.97. The number of allylic oxidation sites excluding steroid dienone is 1. The average Bonchev–Trinajstić information content (AvgIpc) is 2.61. The Balaban J connectivity index is 1.65. The van der Waals surface area contributed by atoms with E-state index in [1.54, 1.807) is 0 Å². The summed E-state index contributed by atoms with van der Waals surface area (Å²) in [5.41, 5.74) is 1.30. The summed E-state index contributed by atoms with van der Waals surface area (Å²) in [7, 11) is 0. The van der Waals surface area contributed by atoms with E-state index in [0.29, 0.717) is 12.2 Å². The minimum atomic E-state index is -4.34. The summed E-state index contributed by atoms with van der Waals surface area (Å²) in [6, 6.07) is 7.03. The molecule has 4 nitrogen and oxygen atoms in total. The number of hydrogen-bond donors (Lipinski definition) is 1. The van der Waals surface area contributed by atoms with E-state index in [4.69, 9.17) is 4.74 Å². The number of aromatic nitrogens is 2. The van der Waals surface area contributed by atoms with Gasteiger partial charge in [0.1, 0.15) is 17.7 Å². The lowest BCUT2D eigenvalue weighted by Crippen LogP contribution is -2.19. The molecule has 1 atom stereocenters. The molecular weight excluding hydrogens is 367 g/mol. The van der Waals surface area contributed by atoms with Gasteiger partial charge in [-0.05, 0) is 63.5 Å². The van der Waals surface area contributed by atoms with Crippen LogP contribution in [0.1, 0.15) is 50.2 Å². The van der Waals surface area contributed by atoms with Gasteiger partial charge in [-0.3, -0.25) is 0 Å². The van der Waals surface area contributed by atoms with Crippen LogP contribution in [-0.4, -0.2) is 22.1 Å². The van der Waals surface area contributed by atoms with Gasteiger partial charge in [0.2, 0.25) is 0 Å². The zero-order valence-electron chi connectivity index (χ0n) is 16.2. The standard InChI is InChI=1S/C21H24F3N3O/c1-13(2)25-19-12-14(3)26-20(27-19)15-4-8-17(9-5-15)28-18-10-6-16(7-11-18)21(22,23)24/h4,6-7,10-13,17H,5,8-9H2,1-3H3,(H,25,26,27). The lowest BCUT2D eigenvalue weighted by atomic mass is 9.96. The highest BCUT2D eigenvalue weighted by atomic mass is 19.4. The van der Waals surface area contributed by atoms with E-state index in [1.807, 2.05) is 13.0 Å². The average molecular weight is 391 g/mol. The van der Waals surface area contributed by atoms with Crippen LogP contribution in [-0.2, 0) is 6.18 Å². The number of hydrogen-bond acceptors (Lipinski definition) is 4. The molecule has 2 aromatic rings. The molecule has 0 aliphatic heterocycles. The number of alkyl halides is 3. The van der Waals surface area contributed by atoms with Crippen molar-refractivity contribution in [3.63, 3.8) is 0 Å². The number of benzene rings is 1. The molecule has 7 heteroatoms. The second-order valence-electron chi connectivity index (χ2n) is 7.28. The molecule has 0 spiro atoms. The minimum Gasteiger partial charge on any atom is -0.490 e. The molecule has 1 aliphatic rings. The molecular formula is C21H24F3N3O. The largest absolute Gasteiger partial charge is 0.490 e. The number of nitrogens with one attached hydrogen (secondary N) is 1. The van der Waals surface area contributed by atoms with Crippen molar-refractivity contribution in [2.24, 2.45) is 0 Å². The lowest BCUT2D eigenvalue weighted by Gasteiger charge is -2.23. The number of anilines is 1. The van der Waals surface area contributed by atoms with Crippen LogP contribution in [0.4, 0.5) is 19.0 Å². The third kappa shape index (κ3) is 5.24. The van der Waals surface area contributed by atoms with E-state index in [1.165, 1.54) is 12.1 Å². The molecule has 28 heavy (non-hydrogen) atoms. The van der Waals surface area contributed by atoms with Gasteiger partial charge in [-0.2, -0.15) is 13.2 Å². The fraction of sp³-hybridized carbons (Fsp3) is 0.429. The fourth-order valence-electron chi connectivity index (χ4n) is 3.12. The normalized spacial score (nSPS) is 17.4. The van der Waals surface area contributed by atoms with Gasteiger partial charge in [0.25, 0.3) is 0 Å². The number of aryl methyl sites for hydroxylation is 1. The van der Waals surface area contributed by atoms with Gasteiger partial charge in [0.05, 0.1) is 5.56 Å². The first kappa shape index (κ1) is 20.2. The predicted molar refractivity (Wildman–Crippen MR) is 103 cm³/mol. The summed E-state index contributed by atoms with van der Waals surface area (Å²) in [4.78, 5) is 9.14. The Hall–Kier alpha value is -2.57. The number of halogens is 3. The Kier molecular flexibility index (Phi) is 5.91. The smallest absolute Gasteiger partial charge is 0.416 e. The van der Waals surface area contributed by atoms with Crippen molar-refractivity contribution in [3.8, 4) is 5.75 Å². The van der Waals surface area contributed by atoms with Crippen molar-refractivity contribution < 1.29 is 17.9 Å². The molecule has 150 valence electrons. The van der Waals surface area contributed by atoms with Gasteiger partial charge in [0.15, 0.2) is 5.82 Å². The van der Waals surface area contributed by atoms with E-state index in [9.17, 15) is 13.2 Å². The zero-order chi connectivity index (χ0) is 20.3. The molecule has 1 aromatic heterocycles. The van der Waals surface area contributed by atoms with Crippen molar-refractivity contribution >= 4 is 11.4 Å². The highest BCUT2D eigenvalue weighted by molar-refractivity contribution is 5.62. The van der Waals surface area contributed by atoms with Crippen LogP contribution in [0.25, 0.3) is 5.57 Å². The molecule has 1 aliphatic carbocycles. The molecule has 0 saturated heterocycles. The van der Waals surface area contributed by atoms with Crippen LogP contribution in [0, 0.1) is 6.92 Å². The van der Waals surface area contributed by atoms with Gasteiger partial charge < -0.3 is 10.1 Å². The van der Waals surface area contributed by atoms with Gasteiger partial charge in [-0.1, -0.05) is 6.08 Å². The quantitative estimate of drug-likeness (QED) is 0.717. The molecule has 0 fully saturated rings. The lowest BCUT2D eigenvalue weighted by molar-refractivity contribution is -0.137. The fourth-order valence-corrected chi connectivity index (χ4v) is 3.12. The van der Waals surface area contributed by atoms with Crippen molar-refractivity contribution in [1.82, 2.24) is 9.97 Å². The second-order valence-corrected chi connectivity index (χ2v) is 7.28. The molecule has 1 N–H and O–H groups in total. The molecule has 0 bridgehead atoms. The molecule has 1 aromatic carbocycles. The van der Waals surface area contributed by atoms with E-state index >= 15 is 0 Å². The summed E-state index contributed by atoms with van der Waals surface area (Å²) in [6.07, 6.45) is -0.156. The van der Waals surface area contributed by atoms with Crippen LogP contribution in [0.15, 0.2) is 36.4 Å². The number of ether oxygens (including phenoxy) is 1. The Bertz CT molecular complexity index is 845. The summed E-state index contributed by atoms with van der Waals surface area (Å²) >= 11 is 0. The highest BCUT2D eigenvalue weighted by Crippen LogP contribution is 2.32.